The summed E-state index contributed by atoms with van der Waals surface area (Å²) >= 11 is 0.887. The molecule has 7 nitrogen and oxygen atoms in total. The molecule has 9 heteroatoms. The highest BCUT2D eigenvalue weighted by Crippen LogP contribution is 2.15. The van der Waals surface area contributed by atoms with E-state index in [0.717, 1.165) is 11.8 Å². The Morgan fingerprint density at radius 1 is 1.29 bits per heavy atom. The molecule has 1 heterocycles. The summed E-state index contributed by atoms with van der Waals surface area (Å²) in [6.07, 6.45) is 0. The van der Waals surface area contributed by atoms with E-state index in [-0.39, 0.29) is 23.4 Å². The van der Waals surface area contributed by atoms with Crippen molar-refractivity contribution >= 4 is 23.6 Å². The monoisotopic (exact) mass is 311 g/mol. The highest BCUT2D eigenvalue weighted by atomic mass is 32.2. The molecule has 0 bridgehead atoms. The van der Waals surface area contributed by atoms with Crippen LogP contribution < -0.4 is 5.32 Å². The van der Waals surface area contributed by atoms with E-state index in [1.54, 1.807) is 0 Å². The van der Waals surface area contributed by atoms with E-state index < -0.39 is 17.7 Å². The van der Waals surface area contributed by atoms with Crippen LogP contribution in [-0.4, -0.2) is 32.9 Å². The van der Waals surface area contributed by atoms with Crippen molar-refractivity contribution in [2.75, 3.05) is 5.75 Å². The van der Waals surface area contributed by atoms with Crippen LogP contribution in [0.4, 0.5) is 4.39 Å². The van der Waals surface area contributed by atoms with Gasteiger partial charge >= 0.3 is 5.97 Å². The van der Waals surface area contributed by atoms with Crippen molar-refractivity contribution < 1.29 is 23.5 Å². The average Bonchev–Trinajstić information content (AvgIpc) is 2.91. The van der Waals surface area contributed by atoms with E-state index in [2.05, 4.69) is 15.5 Å². The van der Waals surface area contributed by atoms with E-state index in [4.69, 9.17) is 9.52 Å². The first-order valence-corrected chi connectivity index (χ1v) is 6.74. The molecule has 1 aromatic carbocycles. The molecule has 21 heavy (non-hydrogen) atoms. The van der Waals surface area contributed by atoms with Gasteiger partial charge in [0.15, 0.2) is 0 Å². The van der Waals surface area contributed by atoms with Crippen LogP contribution in [0.2, 0.25) is 0 Å². The first-order chi connectivity index (χ1) is 10.0. The maximum Gasteiger partial charge on any atom is 0.314 e. The molecule has 0 radical (unpaired) electrons. The summed E-state index contributed by atoms with van der Waals surface area (Å²) in [7, 11) is 0. The normalized spacial score (nSPS) is 10.3. The Morgan fingerprint density at radius 3 is 2.67 bits per heavy atom. The van der Waals surface area contributed by atoms with Gasteiger partial charge in [-0.05, 0) is 24.3 Å². The molecular formula is C12H10FN3O4S. The lowest BCUT2D eigenvalue weighted by Gasteiger charge is -2.01. The summed E-state index contributed by atoms with van der Waals surface area (Å²) in [5.74, 6) is -1.87. The number of hydrogen-bond acceptors (Lipinski definition) is 6. The van der Waals surface area contributed by atoms with Crippen molar-refractivity contribution in [3.05, 3.63) is 41.5 Å². The van der Waals surface area contributed by atoms with Crippen LogP contribution in [0.1, 0.15) is 16.2 Å². The second kappa shape index (κ2) is 6.84. The number of halogens is 1. The summed E-state index contributed by atoms with van der Waals surface area (Å²) in [4.78, 5) is 22.1. The van der Waals surface area contributed by atoms with E-state index >= 15 is 0 Å². The van der Waals surface area contributed by atoms with Crippen molar-refractivity contribution in [2.24, 2.45) is 0 Å². The molecule has 1 amide bonds. The Kier molecular flexibility index (Phi) is 4.88. The van der Waals surface area contributed by atoms with E-state index in [9.17, 15) is 14.0 Å². The highest BCUT2D eigenvalue weighted by Gasteiger charge is 2.11. The third kappa shape index (κ3) is 4.56. The number of hydrogen-bond donors (Lipinski definition) is 2. The highest BCUT2D eigenvalue weighted by molar-refractivity contribution is 7.99. The Labute approximate surface area is 122 Å². The van der Waals surface area contributed by atoms with E-state index in [1.807, 2.05) is 0 Å². The Bertz CT molecular complexity index is 644. The van der Waals surface area contributed by atoms with Gasteiger partial charge < -0.3 is 14.8 Å². The van der Waals surface area contributed by atoms with Crippen LogP contribution in [-0.2, 0) is 11.3 Å². The quantitative estimate of drug-likeness (QED) is 0.775. The van der Waals surface area contributed by atoms with Gasteiger partial charge in [0, 0.05) is 5.56 Å². The predicted octanol–water partition coefficient (Wildman–Crippen LogP) is 1.32. The molecule has 0 unspecified atom stereocenters. The van der Waals surface area contributed by atoms with Gasteiger partial charge in [-0.2, -0.15) is 0 Å². The molecule has 0 aliphatic carbocycles. The van der Waals surface area contributed by atoms with Crippen molar-refractivity contribution in [1.82, 2.24) is 15.5 Å². The van der Waals surface area contributed by atoms with Gasteiger partial charge in [0.1, 0.15) is 11.6 Å². The van der Waals surface area contributed by atoms with E-state index in [1.165, 1.54) is 24.3 Å². The fourth-order valence-electron chi connectivity index (χ4n) is 1.35. The van der Waals surface area contributed by atoms with Gasteiger partial charge in [0.05, 0.1) is 6.54 Å². The largest absolute Gasteiger partial charge is 0.481 e. The third-order valence-electron chi connectivity index (χ3n) is 2.27. The topological polar surface area (TPSA) is 105 Å². The number of nitrogens with zero attached hydrogens (tertiary/aromatic N) is 2. The second-order valence-electron chi connectivity index (χ2n) is 3.83. The molecule has 0 fully saturated rings. The summed E-state index contributed by atoms with van der Waals surface area (Å²) in [5.41, 5.74) is 0.302. The minimum atomic E-state index is -0.996. The minimum Gasteiger partial charge on any atom is -0.481 e. The maximum atomic E-state index is 12.7. The number of carboxylic acid groups (broad SMARTS) is 1. The third-order valence-corrected chi connectivity index (χ3v) is 3.08. The number of amides is 1. The molecule has 1 aromatic heterocycles. The number of aliphatic carboxylic acids is 1. The fraction of sp³-hybridized carbons (Fsp3) is 0.167. The average molecular weight is 311 g/mol. The van der Waals surface area contributed by atoms with Crippen molar-refractivity contribution in [1.29, 1.82) is 0 Å². The Balaban J connectivity index is 1.86. The standard InChI is InChI=1S/C12H10FN3O4S/c13-8-3-1-7(2-4-8)11(19)14-5-9-15-16-12(20-9)21-6-10(17)18/h1-4H,5-6H2,(H,14,19)(H,17,18). The lowest BCUT2D eigenvalue weighted by Crippen LogP contribution is -2.22. The fourth-order valence-corrected chi connectivity index (χ4v) is 1.85. The van der Waals surface area contributed by atoms with Gasteiger partial charge in [-0.15, -0.1) is 10.2 Å². The van der Waals surface area contributed by atoms with Gasteiger partial charge in [-0.25, -0.2) is 4.39 Å². The molecule has 0 saturated heterocycles. The Morgan fingerprint density at radius 2 is 2.00 bits per heavy atom. The summed E-state index contributed by atoms with van der Waals surface area (Å²) in [5, 5.41) is 18.5. The molecular weight excluding hydrogens is 301 g/mol. The van der Waals surface area contributed by atoms with Gasteiger partial charge in [0.2, 0.25) is 5.89 Å². The SMILES string of the molecule is O=C(O)CSc1nnc(CNC(=O)c2ccc(F)cc2)o1. The zero-order valence-corrected chi connectivity index (χ0v) is 11.4. The second-order valence-corrected chi connectivity index (χ2v) is 4.76. The molecule has 2 rings (SSSR count). The van der Waals surface area contributed by atoms with Crippen molar-refractivity contribution in [2.45, 2.75) is 11.8 Å². The molecule has 110 valence electrons. The van der Waals surface area contributed by atoms with Crippen LogP contribution in [0.15, 0.2) is 33.9 Å². The first-order valence-electron chi connectivity index (χ1n) is 5.75. The number of carboxylic acids is 1. The molecule has 0 saturated carbocycles. The zero-order chi connectivity index (χ0) is 15.2. The molecule has 0 spiro atoms. The zero-order valence-electron chi connectivity index (χ0n) is 10.6. The summed E-state index contributed by atoms with van der Waals surface area (Å²) in [6, 6.07) is 5.07. The Hall–Kier alpha value is -2.42. The summed E-state index contributed by atoms with van der Waals surface area (Å²) in [6.45, 7) is -0.00313. The molecule has 0 aliphatic rings. The molecule has 2 aromatic rings. The van der Waals surface area contributed by atoms with Gasteiger partial charge in [-0.1, -0.05) is 11.8 Å². The molecule has 2 N–H and O–H groups in total. The number of benzene rings is 1. The maximum absolute atomic E-state index is 12.7. The van der Waals surface area contributed by atoms with Gasteiger partial charge in [-0.3, -0.25) is 9.59 Å². The number of carbonyl (C=O) groups is 2. The van der Waals surface area contributed by atoms with Gasteiger partial charge in [0.25, 0.3) is 11.1 Å². The van der Waals surface area contributed by atoms with Crippen LogP contribution in [0.25, 0.3) is 0 Å². The van der Waals surface area contributed by atoms with Crippen molar-refractivity contribution in [3.63, 3.8) is 0 Å². The number of nitrogens with one attached hydrogen (secondary N) is 1. The number of rotatable bonds is 6. The summed E-state index contributed by atoms with van der Waals surface area (Å²) < 4.78 is 17.9. The lowest BCUT2D eigenvalue weighted by molar-refractivity contribution is -0.133. The van der Waals surface area contributed by atoms with Crippen LogP contribution in [0.5, 0.6) is 0 Å². The predicted molar refractivity (Wildman–Crippen MR) is 70.2 cm³/mol. The number of thioether (sulfide) groups is 1. The molecule has 0 atom stereocenters. The van der Waals surface area contributed by atoms with Crippen molar-refractivity contribution in [3.8, 4) is 0 Å². The lowest BCUT2D eigenvalue weighted by atomic mass is 10.2. The van der Waals surface area contributed by atoms with Crippen LogP contribution in [0.3, 0.4) is 0 Å². The molecule has 0 aliphatic heterocycles. The number of carbonyl (C=O) groups excluding carboxylic acids is 1. The first kappa shape index (κ1) is 15.0. The van der Waals surface area contributed by atoms with E-state index in [0.29, 0.717) is 5.56 Å². The van der Waals surface area contributed by atoms with Crippen LogP contribution in [0, 0.1) is 5.82 Å². The van der Waals surface area contributed by atoms with Crippen LogP contribution >= 0.6 is 11.8 Å². The minimum absolute atomic E-state index is 0.00313. The number of aromatic nitrogens is 2. The smallest absolute Gasteiger partial charge is 0.314 e.